The summed E-state index contributed by atoms with van der Waals surface area (Å²) in [6, 6.07) is 16.4. The van der Waals surface area contributed by atoms with E-state index in [1.807, 2.05) is 47.2 Å². The van der Waals surface area contributed by atoms with Crippen molar-refractivity contribution in [1.82, 2.24) is 20.2 Å². The Morgan fingerprint density at radius 1 is 1.22 bits per heavy atom. The van der Waals surface area contributed by atoms with E-state index in [0.29, 0.717) is 31.6 Å². The Morgan fingerprint density at radius 2 is 2.06 bits per heavy atom. The molecule has 4 aromatic rings. The zero-order chi connectivity index (χ0) is 21.9. The molecule has 2 atom stereocenters. The van der Waals surface area contributed by atoms with Gasteiger partial charge in [0.2, 0.25) is 5.91 Å². The molecule has 8 heteroatoms. The number of amides is 1. The number of hydrogen-bond acceptors (Lipinski definition) is 5. The second kappa shape index (κ2) is 9.44. The molecular formula is C24H23FN4OS2. The molecule has 5 nitrogen and oxygen atoms in total. The molecule has 0 saturated carbocycles. The van der Waals surface area contributed by atoms with E-state index in [0.717, 1.165) is 21.8 Å². The number of imidazole rings is 1. The summed E-state index contributed by atoms with van der Waals surface area (Å²) in [5, 5.41) is 8.13. The zero-order valence-electron chi connectivity index (χ0n) is 17.3. The molecule has 1 aliphatic rings. The summed E-state index contributed by atoms with van der Waals surface area (Å²) in [5.74, 6) is -0.251. The number of thioether (sulfide) groups is 1. The molecule has 2 aromatic carbocycles. The van der Waals surface area contributed by atoms with Crippen molar-refractivity contribution in [3.8, 4) is 0 Å². The molecule has 0 aliphatic carbocycles. The number of rotatable bonds is 7. The maximum absolute atomic E-state index is 14.3. The van der Waals surface area contributed by atoms with Crippen molar-refractivity contribution < 1.29 is 9.18 Å². The predicted octanol–water partition coefficient (Wildman–Crippen LogP) is 4.82. The number of carbonyl (C=O) groups is 1. The van der Waals surface area contributed by atoms with E-state index in [2.05, 4.69) is 20.2 Å². The van der Waals surface area contributed by atoms with Crippen LogP contribution in [0.3, 0.4) is 0 Å². The molecule has 0 spiro atoms. The topological polar surface area (TPSA) is 61.0 Å². The maximum atomic E-state index is 14.3. The number of thiophene rings is 1. The Kier molecular flexibility index (Phi) is 6.25. The molecule has 0 unspecified atom stereocenters. The summed E-state index contributed by atoms with van der Waals surface area (Å²) in [5.41, 5.74) is 3.63. The highest BCUT2D eigenvalue weighted by Gasteiger charge is 2.37. The van der Waals surface area contributed by atoms with Crippen LogP contribution in [0.5, 0.6) is 0 Å². The molecule has 0 radical (unpaired) electrons. The number of para-hydroxylation sites is 2. The van der Waals surface area contributed by atoms with Crippen LogP contribution in [0.2, 0.25) is 0 Å². The number of aromatic amines is 1. The van der Waals surface area contributed by atoms with Gasteiger partial charge >= 0.3 is 0 Å². The first-order chi connectivity index (χ1) is 15.7. The van der Waals surface area contributed by atoms with Gasteiger partial charge in [-0.3, -0.25) is 9.69 Å². The van der Waals surface area contributed by atoms with E-state index >= 15 is 0 Å². The zero-order valence-corrected chi connectivity index (χ0v) is 19.0. The van der Waals surface area contributed by atoms with Crippen LogP contribution in [0.15, 0.2) is 70.5 Å². The normalized spacial score (nSPS) is 18.9. The molecule has 0 bridgehead atoms. The smallest absolute Gasteiger partial charge is 0.237 e. The summed E-state index contributed by atoms with van der Waals surface area (Å²) < 4.78 is 14.3. The first-order valence-electron chi connectivity index (χ1n) is 10.5. The highest BCUT2D eigenvalue weighted by Crippen LogP contribution is 2.33. The van der Waals surface area contributed by atoms with E-state index in [1.54, 1.807) is 35.2 Å². The van der Waals surface area contributed by atoms with Crippen LogP contribution in [0, 0.1) is 5.82 Å². The lowest BCUT2D eigenvalue weighted by Gasteiger charge is -2.23. The quantitative estimate of drug-likeness (QED) is 0.410. The second-order valence-electron chi connectivity index (χ2n) is 7.92. The van der Waals surface area contributed by atoms with E-state index in [9.17, 15) is 9.18 Å². The molecular weight excluding hydrogens is 443 g/mol. The summed E-state index contributed by atoms with van der Waals surface area (Å²) in [6.45, 7) is 1.60. The van der Waals surface area contributed by atoms with Crippen molar-refractivity contribution in [3.63, 3.8) is 0 Å². The molecule has 2 N–H and O–H groups in total. The minimum Gasteiger partial charge on any atom is -0.351 e. The van der Waals surface area contributed by atoms with Gasteiger partial charge in [0.05, 0.1) is 17.1 Å². The predicted molar refractivity (Wildman–Crippen MR) is 127 cm³/mol. The number of aromatic nitrogens is 2. The van der Waals surface area contributed by atoms with Gasteiger partial charge in [-0.05, 0) is 47.0 Å². The van der Waals surface area contributed by atoms with E-state index in [-0.39, 0.29) is 23.0 Å². The maximum Gasteiger partial charge on any atom is 0.237 e. The third-order valence-electron chi connectivity index (χ3n) is 5.69. The minimum atomic E-state index is -0.310. The highest BCUT2D eigenvalue weighted by atomic mass is 32.2. The first-order valence-corrected chi connectivity index (χ1v) is 12.4. The Balaban J connectivity index is 1.32. The fourth-order valence-corrected chi connectivity index (χ4v) is 5.93. The Labute approximate surface area is 194 Å². The fourth-order valence-electron chi connectivity index (χ4n) is 4.08. The van der Waals surface area contributed by atoms with Crippen LogP contribution in [-0.2, 0) is 17.9 Å². The standard InChI is InChI=1S/C24H23FN4OS2/c25-19-6-2-1-5-17(19)13-29-14-18(32-24-27-20-7-3-4-8-21(20)28-24)11-22(29)23(30)26-12-16-9-10-31-15-16/h1-10,15,18,22H,11-14H2,(H,26,30)(H,27,28)/t18-,22-/m0/s1. The summed E-state index contributed by atoms with van der Waals surface area (Å²) >= 11 is 3.27. The van der Waals surface area contributed by atoms with Crippen molar-refractivity contribution in [2.45, 2.75) is 36.0 Å². The van der Waals surface area contributed by atoms with Gasteiger partial charge in [-0.1, -0.05) is 42.1 Å². The van der Waals surface area contributed by atoms with Crippen LogP contribution >= 0.6 is 23.1 Å². The third-order valence-corrected chi connectivity index (χ3v) is 7.52. The van der Waals surface area contributed by atoms with Gasteiger partial charge in [0.15, 0.2) is 5.16 Å². The number of carbonyl (C=O) groups excluding carboxylic acids is 1. The Morgan fingerprint density at radius 3 is 2.88 bits per heavy atom. The van der Waals surface area contributed by atoms with Crippen molar-refractivity contribution in [3.05, 3.63) is 82.3 Å². The van der Waals surface area contributed by atoms with Crippen LogP contribution < -0.4 is 5.32 Å². The molecule has 3 heterocycles. The average Bonchev–Trinajstić information content (AvgIpc) is 3.53. The van der Waals surface area contributed by atoms with Gasteiger partial charge in [0, 0.05) is 30.4 Å². The van der Waals surface area contributed by atoms with Crippen molar-refractivity contribution in [2.24, 2.45) is 0 Å². The Bertz CT molecular complexity index is 1180. The number of benzene rings is 2. The molecule has 1 fully saturated rings. The summed E-state index contributed by atoms with van der Waals surface area (Å²) in [7, 11) is 0. The van der Waals surface area contributed by atoms with Crippen molar-refractivity contribution in [2.75, 3.05) is 6.54 Å². The molecule has 32 heavy (non-hydrogen) atoms. The van der Waals surface area contributed by atoms with Crippen molar-refractivity contribution in [1.29, 1.82) is 0 Å². The van der Waals surface area contributed by atoms with Gasteiger partial charge in [0.1, 0.15) is 5.82 Å². The van der Waals surface area contributed by atoms with Gasteiger partial charge in [-0.15, -0.1) is 0 Å². The number of halogens is 1. The molecule has 2 aromatic heterocycles. The van der Waals surface area contributed by atoms with E-state index < -0.39 is 0 Å². The average molecular weight is 467 g/mol. The number of hydrogen-bond donors (Lipinski definition) is 2. The van der Waals surface area contributed by atoms with Crippen LogP contribution in [-0.4, -0.2) is 38.6 Å². The molecule has 1 saturated heterocycles. The fraction of sp³-hybridized carbons (Fsp3) is 0.250. The highest BCUT2D eigenvalue weighted by molar-refractivity contribution is 7.99. The molecule has 5 rings (SSSR count). The van der Waals surface area contributed by atoms with Gasteiger partial charge in [-0.2, -0.15) is 11.3 Å². The monoisotopic (exact) mass is 466 g/mol. The number of fused-ring (bicyclic) bond motifs is 1. The minimum absolute atomic E-state index is 0.0137. The van der Waals surface area contributed by atoms with Crippen molar-refractivity contribution >= 4 is 40.0 Å². The molecule has 1 amide bonds. The summed E-state index contributed by atoms with van der Waals surface area (Å²) in [6.07, 6.45) is 0.686. The van der Waals surface area contributed by atoms with E-state index in [4.69, 9.17) is 0 Å². The van der Waals surface area contributed by atoms with E-state index in [1.165, 1.54) is 6.07 Å². The second-order valence-corrected chi connectivity index (χ2v) is 9.99. The lowest BCUT2D eigenvalue weighted by molar-refractivity contribution is -0.125. The number of likely N-dealkylation sites (tertiary alicyclic amines) is 1. The Hall–Kier alpha value is -2.68. The number of H-pyrrole nitrogens is 1. The lowest BCUT2D eigenvalue weighted by Crippen LogP contribution is -2.42. The van der Waals surface area contributed by atoms with Crippen LogP contribution in [0.25, 0.3) is 11.0 Å². The van der Waals surface area contributed by atoms with Gasteiger partial charge in [0.25, 0.3) is 0 Å². The van der Waals surface area contributed by atoms with Crippen LogP contribution in [0.1, 0.15) is 17.5 Å². The third kappa shape index (κ3) is 4.72. The van der Waals surface area contributed by atoms with Crippen LogP contribution in [0.4, 0.5) is 4.39 Å². The van der Waals surface area contributed by atoms with Gasteiger partial charge < -0.3 is 10.3 Å². The first kappa shape index (κ1) is 21.2. The summed E-state index contributed by atoms with van der Waals surface area (Å²) in [4.78, 5) is 23.2. The SMILES string of the molecule is O=C(NCc1ccsc1)[C@@H]1C[C@H](Sc2nc3ccccc3[nH]2)CN1Cc1ccccc1F. The number of nitrogens with one attached hydrogen (secondary N) is 2. The van der Waals surface area contributed by atoms with Gasteiger partial charge in [-0.25, -0.2) is 9.37 Å². The molecule has 1 aliphatic heterocycles. The largest absolute Gasteiger partial charge is 0.351 e. The number of nitrogens with zero attached hydrogens (tertiary/aromatic N) is 2. The molecule has 164 valence electrons. The lowest BCUT2D eigenvalue weighted by atomic mass is 10.1.